The minimum absolute atomic E-state index is 0.0302. The summed E-state index contributed by atoms with van der Waals surface area (Å²) in [6.07, 6.45) is -0.0977. The molecule has 0 bridgehead atoms. The molecule has 0 aliphatic carbocycles. The molecule has 1 heterocycles. The Bertz CT molecular complexity index is 488. The van der Waals surface area contributed by atoms with Crippen molar-refractivity contribution in [2.75, 3.05) is 31.7 Å². The number of methoxy groups -OCH3 is 1. The molecule has 1 aliphatic rings. The van der Waals surface area contributed by atoms with Crippen molar-refractivity contribution >= 4 is 11.6 Å². The molecule has 1 amide bonds. The van der Waals surface area contributed by atoms with Crippen LogP contribution >= 0.6 is 0 Å². The quantitative estimate of drug-likeness (QED) is 0.884. The number of ether oxygens (including phenoxy) is 2. The molecule has 0 saturated carbocycles. The molecule has 0 radical (unpaired) electrons. The van der Waals surface area contributed by atoms with Gasteiger partial charge in [-0.1, -0.05) is 0 Å². The highest BCUT2D eigenvalue weighted by Crippen LogP contribution is 2.30. The standard InChI is InChI=1S/C14H20N2O3/c1-9-10(2)13(18-3)5-4-12(9)16-7-11(6-15)19-8-14(16)17/h4-5,11H,6-8,15H2,1-3H3. The van der Waals surface area contributed by atoms with Gasteiger partial charge in [0.2, 0.25) is 0 Å². The molecule has 5 heteroatoms. The van der Waals surface area contributed by atoms with Gasteiger partial charge in [-0.05, 0) is 37.1 Å². The van der Waals surface area contributed by atoms with E-state index in [2.05, 4.69) is 0 Å². The maximum Gasteiger partial charge on any atom is 0.253 e. The van der Waals surface area contributed by atoms with Gasteiger partial charge in [0.05, 0.1) is 19.8 Å². The molecule has 104 valence electrons. The van der Waals surface area contributed by atoms with E-state index in [1.165, 1.54) is 0 Å². The largest absolute Gasteiger partial charge is 0.496 e. The highest BCUT2D eigenvalue weighted by molar-refractivity contribution is 5.96. The summed E-state index contributed by atoms with van der Waals surface area (Å²) in [5.41, 5.74) is 8.62. The molecular formula is C14H20N2O3. The summed E-state index contributed by atoms with van der Waals surface area (Å²) in [6, 6.07) is 3.80. The minimum atomic E-state index is -0.0977. The van der Waals surface area contributed by atoms with Crippen molar-refractivity contribution in [3.63, 3.8) is 0 Å². The van der Waals surface area contributed by atoms with E-state index in [1.54, 1.807) is 12.0 Å². The number of anilines is 1. The van der Waals surface area contributed by atoms with Gasteiger partial charge in [0.15, 0.2) is 0 Å². The molecule has 2 N–H and O–H groups in total. The molecule has 0 aromatic heterocycles. The highest BCUT2D eigenvalue weighted by Gasteiger charge is 2.28. The lowest BCUT2D eigenvalue weighted by Gasteiger charge is -2.33. The van der Waals surface area contributed by atoms with Crippen LogP contribution in [0.25, 0.3) is 0 Å². The summed E-state index contributed by atoms with van der Waals surface area (Å²) >= 11 is 0. The number of hydrogen-bond donors (Lipinski definition) is 1. The van der Waals surface area contributed by atoms with Crippen molar-refractivity contribution in [1.82, 2.24) is 0 Å². The zero-order valence-electron chi connectivity index (χ0n) is 11.6. The van der Waals surface area contributed by atoms with E-state index in [-0.39, 0.29) is 18.6 Å². The Morgan fingerprint density at radius 1 is 1.42 bits per heavy atom. The number of nitrogens with zero attached hydrogens (tertiary/aromatic N) is 1. The third-order valence-corrected chi connectivity index (χ3v) is 3.61. The second-order valence-corrected chi connectivity index (χ2v) is 4.71. The van der Waals surface area contributed by atoms with Crippen LogP contribution in [0.2, 0.25) is 0 Å². The number of morpholine rings is 1. The maximum absolute atomic E-state index is 12.0. The van der Waals surface area contributed by atoms with Gasteiger partial charge in [0, 0.05) is 12.2 Å². The van der Waals surface area contributed by atoms with Crippen LogP contribution in [0.15, 0.2) is 12.1 Å². The van der Waals surface area contributed by atoms with Crippen LogP contribution in [0, 0.1) is 13.8 Å². The van der Waals surface area contributed by atoms with Crippen LogP contribution in [0.4, 0.5) is 5.69 Å². The average molecular weight is 264 g/mol. The van der Waals surface area contributed by atoms with Crippen LogP contribution in [0.1, 0.15) is 11.1 Å². The van der Waals surface area contributed by atoms with Crippen LogP contribution in [0.5, 0.6) is 5.75 Å². The highest BCUT2D eigenvalue weighted by atomic mass is 16.5. The second-order valence-electron chi connectivity index (χ2n) is 4.71. The number of hydrogen-bond acceptors (Lipinski definition) is 4. The first-order valence-corrected chi connectivity index (χ1v) is 6.34. The Morgan fingerprint density at radius 2 is 2.16 bits per heavy atom. The lowest BCUT2D eigenvalue weighted by atomic mass is 10.0. The fourth-order valence-electron chi connectivity index (χ4n) is 2.30. The smallest absolute Gasteiger partial charge is 0.253 e. The fraction of sp³-hybridized carbons (Fsp3) is 0.500. The van der Waals surface area contributed by atoms with Gasteiger partial charge in [0.25, 0.3) is 5.91 Å². The Labute approximate surface area is 113 Å². The van der Waals surface area contributed by atoms with Crippen LogP contribution in [0.3, 0.4) is 0 Å². The Balaban J connectivity index is 2.35. The summed E-state index contributed by atoms with van der Waals surface area (Å²) in [5.74, 6) is 0.801. The van der Waals surface area contributed by atoms with Crippen molar-refractivity contribution in [2.45, 2.75) is 20.0 Å². The summed E-state index contributed by atoms with van der Waals surface area (Å²) in [7, 11) is 1.64. The molecule has 1 aliphatic heterocycles. The Hall–Kier alpha value is -1.59. The van der Waals surface area contributed by atoms with Crippen LogP contribution in [-0.2, 0) is 9.53 Å². The van der Waals surface area contributed by atoms with Gasteiger partial charge in [-0.2, -0.15) is 0 Å². The first-order chi connectivity index (χ1) is 9.08. The number of carbonyl (C=O) groups is 1. The molecular weight excluding hydrogens is 244 g/mol. The van der Waals surface area contributed by atoms with Gasteiger partial charge in [0.1, 0.15) is 12.4 Å². The van der Waals surface area contributed by atoms with Gasteiger partial charge in [-0.25, -0.2) is 0 Å². The number of rotatable bonds is 3. The monoisotopic (exact) mass is 264 g/mol. The van der Waals surface area contributed by atoms with Gasteiger partial charge >= 0.3 is 0 Å². The number of nitrogens with two attached hydrogens (primary N) is 1. The summed E-state index contributed by atoms with van der Waals surface area (Å²) in [4.78, 5) is 13.8. The van der Waals surface area contributed by atoms with Gasteiger partial charge in [-0.15, -0.1) is 0 Å². The Morgan fingerprint density at radius 3 is 2.79 bits per heavy atom. The normalized spacial score (nSPS) is 19.7. The van der Waals surface area contributed by atoms with E-state index in [0.717, 1.165) is 22.6 Å². The molecule has 1 saturated heterocycles. The molecule has 1 aromatic rings. The zero-order chi connectivity index (χ0) is 14.0. The van der Waals surface area contributed by atoms with Gasteiger partial charge < -0.3 is 20.1 Å². The molecule has 5 nitrogen and oxygen atoms in total. The van der Waals surface area contributed by atoms with Crippen LogP contribution < -0.4 is 15.4 Å². The maximum atomic E-state index is 12.0. The third-order valence-electron chi connectivity index (χ3n) is 3.61. The topological polar surface area (TPSA) is 64.8 Å². The first kappa shape index (κ1) is 13.8. The molecule has 2 rings (SSSR count). The Kier molecular flexibility index (Phi) is 4.07. The SMILES string of the molecule is COc1ccc(N2CC(CN)OCC2=O)c(C)c1C. The van der Waals surface area contributed by atoms with E-state index in [4.69, 9.17) is 15.2 Å². The first-order valence-electron chi connectivity index (χ1n) is 6.34. The predicted molar refractivity (Wildman–Crippen MR) is 73.6 cm³/mol. The van der Waals surface area contributed by atoms with Crippen molar-refractivity contribution < 1.29 is 14.3 Å². The summed E-state index contributed by atoms with van der Waals surface area (Å²) in [6.45, 7) is 4.99. The zero-order valence-corrected chi connectivity index (χ0v) is 11.6. The summed E-state index contributed by atoms with van der Waals surface area (Å²) in [5, 5.41) is 0. The van der Waals surface area contributed by atoms with E-state index >= 15 is 0 Å². The summed E-state index contributed by atoms with van der Waals surface area (Å²) < 4.78 is 10.7. The predicted octanol–water partition coefficient (Wildman–Crippen LogP) is 1.00. The van der Waals surface area contributed by atoms with Gasteiger partial charge in [-0.3, -0.25) is 4.79 Å². The van der Waals surface area contributed by atoms with Crippen LogP contribution in [-0.4, -0.2) is 38.8 Å². The minimum Gasteiger partial charge on any atom is -0.496 e. The van der Waals surface area contributed by atoms with Crippen molar-refractivity contribution in [1.29, 1.82) is 0 Å². The van der Waals surface area contributed by atoms with Crippen molar-refractivity contribution in [2.24, 2.45) is 5.73 Å². The molecule has 1 aromatic carbocycles. The number of carbonyl (C=O) groups excluding carboxylic acids is 1. The average Bonchev–Trinajstić information content (AvgIpc) is 2.43. The van der Waals surface area contributed by atoms with E-state index in [0.29, 0.717) is 13.1 Å². The molecule has 1 atom stereocenters. The number of benzene rings is 1. The molecule has 19 heavy (non-hydrogen) atoms. The lowest BCUT2D eigenvalue weighted by molar-refractivity contribution is -0.128. The van der Waals surface area contributed by atoms with E-state index < -0.39 is 0 Å². The third kappa shape index (κ3) is 2.57. The van der Waals surface area contributed by atoms with E-state index in [1.807, 2.05) is 26.0 Å². The second kappa shape index (κ2) is 5.59. The van der Waals surface area contributed by atoms with Crippen molar-refractivity contribution in [3.05, 3.63) is 23.3 Å². The van der Waals surface area contributed by atoms with Crippen molar-refractivity contribution in [3.8, 4) is 5.75 Å². The number of amides is 1. The van der Waals surface area contributed by atoms with E-state index in [9.17, 15) is 4.79 Å². The molecule has 1 unspecified atom stereocenters. The molecule has 0 spiro atoms. The fourth-order valence-corrected chi connectivity index (χ4v) is 2.30. The molecule has 1 fully saturated rings. The lowest BCUT2D eigenvalue weighted by Crippen LogP contribution is -2.49.